The SMILES string of the molecule is COC(=O)CCc1c[nH]c2ccc(OC)cc12. The molecule has 0 radical (unpaired) electrons. The average Bonchev–Trinajstić information content (AvgIpc) is 2.78. The van der Waals surface area contributed by atoms with Crippen LogP contribution in [-0.2, 0) is 16.0 Å². The molecular weight excluding hydrogens is 218 g/mol. The van der Waals surface area contributed by atoms with E-state index in [2.05, 4.69) is 9.72 Å². The van der Waals surface area contributed by atoms with Crippen LogP contribution in [0.3, 0.4) is 0 Å². The maximum absolute atomic E-state index is 11.1. The van der Waals surface area contributed by atoms with Crippen LogP contribution in [0.15, 0.2) is 24.4 Å². The number of aromatic amines is 1. The average molecular weight is 233 g/mol. The summed E-state index contributed by atoms with van der Waals surface area (Å²) < 4.78 is 9.82. The molecule has 0 saturated heterocycles. The summed E-state index contributed by atoms with van der Waals surface area (Å²) in [4.78, 5) is 14.3. The molecule has 1 heterocycles. The molecule has 0 bridgehead atoms. The third-order valence-electron chi connectivity index (χ3n) is 2.80. The first-order chi connectivity index (χ1) is 8.24. The van der Waals surface area contributed by atoms with Gasteiger partial charge in [-0.05, 0) is 30.2 Å². The van der Waals surface area contributed by atoms with Gasteiger partial charge in [-0.3, -0.25) is 4.79 Å². The standard InChI is InChI=1S/C13H15NO3/c1-16-10-4-5-12-11(7-10)9(8-14-12)3-6-13(15)17-2/h4-5,7-8,14H,3,6H2,1-2H3. The van der Waals surface area contributed by atoms with E-state index in [0.29, 0.717) is 12.8 Å². The quantitative estimate of drug-likeness (QED) is 0.824. The van der Waals surface area contributed by atoms with Crippen molar-refractivity contribution in [1.29, 1.82) is 0 Å². The van der Waals surface area contributed by atoms with Crippen molar-refractivity contribution >= 4 is 16.9 Å². The molecule has 0 fully saturated rings. The Morgan fingerprint density at radius 1 is 1.35 bits per heavy atom. The van der Waals surface area contributed by atoms with Crippen LogP contribution in [0, 0.1) is 0 Å². The van der Waals surface area contributed by atoms with Gasteiger partial charge in [0, 0.05) is 23.5 Å². The number of methoxy groups -OCH3 is 2. The Morgan fingerprint density at radius 3 is 2.88 bits per heavy atom. The predicted octanol–water partition coefficient (Wildman–Crippen LogP) is 2.28. The lowest BCUT2D eigenvalue weighted by Gasteiger charge is -2.01. The highest BCUT2D eigenvalue weighted by molar-refractivity contribution is 5.85. The van der Waals surface area contributed by atoms with Crippen LogP contribution in [0.1, 0.15) is 12.0 Å². The fraction of sp³-hybridized carbons (Fsp3) is 0.308. The van der Waals surface area contributed by atoms with E-state index in [1.165, 1.54) is 7.11 Å². The highest BCUT2D eigenvalue weighted by atomic mass is 16.5. The van der Waals surface area contributed by atoms with Crippen molar-refractivity contribution in [1.82, 2.24) is 4.98 Å². The van der Waals surface area contributed by atoms with Crippen molar-refractivity contribution in [3.8, 4) is 5.75 Å². The van der Waals surface area contributed by atoms with Crippen LogP contribution >= 0.6 is 0 Å². The highest BCUT2D eigenvalue weighted by Gasteiger charge is 2.07. The normalized spacial score (nSPS) is 10.5. The fourth-order valence-electron chi connectivity index (χ4n) is 1.83. The first kappa shape index (κ1) is 11.5. The van der Waals surface area contributed by atoms with Gasteiger partial charge in [0.05, 0.1) is 14.2 Å². The maximum atomic E-state index is 11.1. The topological polar surface area (TPSA) is 51.3 Å². The molecule has 4 nitrogen and oxygen atoms in total. The Kier molecular flexibility index (Phi) is 3.32. The molecule has 90 valence electrons. The molecule has 4 heteroatoms. The second-order valence-corrected chi connectivity index (χ2v) is 3.80. The number of aromatic nitrogens is 1. The number of carbonyl (C=O) groups is 1. The molecule has 0 aliphatic carbocycles. The third kappa shape index (κ3) is 2.41. The van der Waals surface area contributed by atoms with Crippen molar-refractivity contribution in [2.24, 2.45) is 0 Å². The minimum atomic E-state index is -0.192. The zero-order chi connectivity index (χ0) is 12.3. The number of hydrogen-bond donors (Lipinski definition) is 1. The zero-order valence-electron chi connectivity index (χ0n) is 9.95. The number of esters is 1. The lowest BCUT2D eigenvalue weighted by atomic mass is 10.1. The molecule has 0 unspecified atom stereocenters. The fourth-order valence-corrected chi connectivity index (χ4v) is 1.83. The molecular formula is C13H15NO3. The number of nitrogens with one attached hydrogen (secondary N) is 1. The number of H-pyrrole nitrogens is 1. The summed E-state index contributed by atoms with van der Waals surface area (Å²) >= 11 is 0. The monoisotopic (exact) mass is 233 g/mol. The summed E-state index contributed by atoms with van der Waals surface area (Å²) in [5.41, 5.74) is 2.15. The molecule has 17 heavy (non-hydrogen) atoms. The number of rotatable bonds is 4. The molecule has 1 aromatic carbocycles. The van der Waals surface area contributed by atoms with Gasteiger partial charge in [0.15, 0.2) is 0 Å². The van der Waals surface area contributed by atoms with E-state index in [1.54, 1.807) is 7.11 Å². The number of fused-ring (bicyclic) bond motifs is 1. The molecule has 0 saturated carbocycles. The zero-order valence-corrected chi connectivity index (χ0v) is 9.95. The van der Waals surface area contributed by atoms with Gasteiger partial charge in [-0.15, -0.1) is 0 Å². The van der Waals surface area contributed by atoms with E-state index in [0.717, 1.165) is 22.2 Å². The van der Waals surface area contributed by atoms with Gasteiger partial charge in [-0.1, -0.05) is 0 Å². The second kappa shape index (κ2) is 4.91. The third-order valence-corrected chi connectivity index (χ3v) is 2.80. The smallest absolute Gasteiger partial charge is 0.305 e. The molecule has 1 aromatic heterocycles. The van der Waals surface area contributed by atoms with Crippen LogP contribution in [-0.4, -0.2) is 25.2 Å². The van der Waals surface area contributed by atoms with E-state index in [1.807, 2.05) is 24.4 Å². The molecule has 0 spiro atoms. The molecule has 2 rings (SSSR count). The second-order valence-electron chi connectivity index (χ2n) is 3.80. The lowest BCUT2D eigenvalue weighted by molar-refractivity contribution is -0.140. The van der Waals surface area contributed by atoms with Crippen molar-refractivity contribution in [2.45, 2.75) is 12.8 Å². The van der Waals surface area contributed by atoms with Crippen LogP contribution in [0.5, 0.6) is 5.75 Å². The molecule has 0 aliphatic rings. The van der Waals surface area contributed by atoms with Crippen molar-refractivity contribution in [3.63, 3.8) is 0 Å². The first-order valence-corrected chi connectivity index (χ1v) is 5.45. The number of ether oxygens (including phenoxy) is 2. The molecule has 0 atom stereocenters. The largest absolute Gasteiger partial charge is 0.497 e. The van der Waals surface area contributed by atoms with Gasteiger partial charge in [-0.25, -0.2) is 0 Å². The summed E-state index contributed by atoms with van der Waals surface area (Å²) in [6, 6.07) is 5.84. The Balaban J connectivity index is 2.25. The minimum absolute atomic E-state index is 0.192. The summed E-state index contributed by atoms with van der Waals surface area (Å²) in [7, 11) is 3.04. The van der Waals surface area contributed by atoms with Gasteiger partial charge >= 0.3 is 5.97 Å². The number of carbonyl (C=O) groups excluding carboxylic acids is 1. The summed E-state index contributed by atoms with van der Waals surface area (Å²) in [5.74, 6) is 0.624. The Hall–Kier alpha value is -1.97. The Bertz CT molecular complexity index is 530. The maximum Gasteiger partial charge on any atom is 0.305 e. The van der Waals surface area contributed by atoms with Crippen molar-refractivity contribution < 1.29 is 14.3 Å². The lowest BCUT2D eigenvalue weighted by Crippen LogP contribution is -2.01. The van der Waals surface area contributed by atoms with E-state index in [-0.39, 0.29) is 5.97 Å². The first-order valence-electron chi connectivity index (χ1n) is 5.45. The molecule has 2 aromatic rings. The van der Waals surface area contributed by atoms with Gasteiger partial charge < -0.3 is 14.5 Å². The molecule has 0 aliphatic heterocycles. The van der Waals surface area contributed by atoms with Gasteiger partial charge in [0.25, 0.3) is 0 Å². The Labute approximate surface area is 99.5 Å². The number of benzene rings is 1. The van der Waals surface area contributed by atoms with Crippen molar-refractivity contribution in [2.75, 3.05) is 14.2 Å². The predicted molar refractivity (Wildman–Crippen MR) is 65.2 cm³/mol. The van der Waals surface area contributed by atoms with Gasteiger partial charge in [0.2, 0.25) is 0 Å². The van der Waals surface area contributed by atoms with Crippen LogP contribution in [0.2, 0.25) is 0 Å². The summed E-state index contributed by atoms with van der Waals surface area (Å²) in [5, 5.41) is 1.09. The highest BCUT2D eigenvalue weighted by Crippen LogP contribution is 2.24. The number of hydrogen-bond acceptors (Lipinski definition) is 3. The minimum Gasteiger partial charge on any atom is -0.497 e. The van der Waals surface area contributed by atoms with E-state index in [4.69, 9.17) is 4.74 Å². The summed E-state index contributed by atoms with van der Waals surface area (Å²) in [6.45, 7) is 0. The van der Waals surface area contributed by atoms with Crippen molar-refractivity contribution in [3.05, 3.63) is 30.0 Å². The Morgan fingerprint density at radius 2 is 2.18 bits per heavy atom. The van der Waals surface area contributed by atoms with Crippen LogP contribution < -0.4 is 4.74 Å². The van der Waals surface area contributed by atoms with Gasteiger partial charge in [0.1, 0.15) is 5.75 Å². The summed E-state index contributed by atoms with van der Waals surface area (Å²) in [6.07, 6.45) is 2.98. The van der Waals surface area contributed by atoms with E-state index in [9.17, 15) is 4.79 Å². The number of aryl methyl sites for hydroxylation is 1. The van der Waals surface area contributed by atoms with E-state index >= 15 is 0 Å². The van der Waals surface area contributed by atoms with Gasteiger partial charge in [-0.2, -0.15) is 0 Å². The van der Waals surface area contributed by atoms with E-state index < -0.39 is 0 Å². The molecule has 1 N–H and O–H groups in total. The van der Waals surface area contributed by atoms with Crippen LogP contribution in [0.4, 0.5) is 0 Å². The van der Waals surface area contributed by atoms with Crippen LogP contribution in [0.25, 0.3) is 10.9 Å². The molecule has 0 amide bonds.